The molecule has 0 saturated carbocycles. The Hall–Kier alpha value is -5.43. The SMILES string of the molecule is CN(C)c1ncc(-c2cccc3c2CCN(C(=O)C2CN(c4cccc(Cl)c4F)N=N2)C3C(=O)Nc2ccc(C(=O)O)cc2)cn1. The van der Waals surface area contributed by atoms with Crippen molar-refractivity contribution in [2.45, 2.75) is 18.5 Å². The van der Waals surface area contributed by atoms with Crippen LogP contribution in [0.2, 0.25) is 5.02 Å². The molecule has 6 rings (SSSR count). The molecule has 0 radical (unpaired) electrons. The highest BCUT2D eigenvalue weighted by molar-refractivity contribution is 6.31. The van der Waals surface area contributed by atoms with E-state index < -0.39 is 35.7 Å². The van der Waals surface area contributed by atoms with Gasteiger partial charge in [0.2, 0.25) is 5.95 Å². The third-order valence-electron chi connectivity index (χ3n) is 7.84. The number of aromatic nitrogens is 2. The lowest BCUT2D eigenvalue weighted by molar-refractivity contribution is -0.140. The van der Waals surface area contributed by atoms with E-state index in [1.54, 1.807) is 29.4 Å². The van der Waals surface area contributed by atoms with E-state index in [4.69, 9.17) is 11.6 Å². The van der Waals surface area contributed by atoms with Crippen molar-refractivity contribution in [3.63, 3.8) is 0 Å². The summed E-state index contributed by atoms with van der Waals surface area (Å²) < 4.78 is 14.7. The number of amides is 2. The minimum atomic E-state index is -1.09. The summed E-state index contributed by atoms with van der Waals surface area (Å²) in [5.74, 6) is -2.17. The maximum absolute atomic E-state index is 14.7. The minimum Gasteiger partial charge on any atom is -0.478 e. The fourth-order valence-electron chi connectivity index (χ4n) is 5.58. The van der Waals surface area contributed by atoms with E-state index >= 15 is 0 Å². The first-order valence-corrected chi connectivity index (χ1v) is 14.7. The summed E-state index contributed by atoms with van der Waals surface area (Å²) in [5, 5.41) is 21.4. The van der Waals surface area contributed by atoms with Crippen LogP contribution in [-0.4, -0.2) is 71.0 Å². The number of rotatable bonds is 7. The van der Waals surface area contributed by atoms with Gasteiger partial charge in [0.25, 0.3) is 11.8 Å². The van der Waals surface area contributed by atoms with Gasteiger partial charge in [-0.05, 0) is 59.5 Å². The Kier molecular flexibility index (Phi) is 8.33. The predicted molar refractivity (Wildman–Crippen MR) is 169 cm³/mol. The summed E-state index contributed by atoms with van der Waals surface area (Å²) in [4.78, 5) is 51.5. The summed E-state index contributed by atoms with van der Waals surface area (Å²) >= 11 is 5.95. The van der Waals surface area contributed by atoms with E-state index in [1.807, 2.05) is 26.2 Å². The molecule has 3 heterocycles. The fraction of sp³-hybridized carbons (Fsp3) is 0.219. The van der Waals surface area contributed by atoms with Gasteiger partial charge in [0.1, 0.15) is 6.04 Å². The second kappa shape index (κ2) is 12.5. The largest absolute Gasteiger partial charge is 0.478 e. The Labute approximate surface area is 268 Å². The van der Waals surface area contributed by atoms with Gasteiger partial charge < -0.3 is 20.2 Å². The Morgan fingerprint density at radius 3 is 2.43 bits per heavy atom. The zero-order valence-electron chi connectivity index (χ0n) is 24.8. The molecule has 46 heavy (non-hydrogen) atoms. The maximum atomic E-state index is 14.7. The highest BCUT2D eigenvalue weighted by atomic mass is 35.5. The highest BCUT2D eigenvalue weighted by Gasteiger charge is 2.41. The van der Waals surface area contributed by atoms with Gasteiger partial charge in [0.15, 0.2) is 11.9 Å². The monoisotopic (exact) mass is 642 g/mol. The van der Waals surface area contributed by atoms with Crippen LogP contribution in [0.3, 0.4) is 0 Å². The first-order valence-electron chi connectivity index (χ1n) is 14.3. The molecule has 1 aromatic heterocycles. The first kappa shape index (κ1) is 30.6. The van der Waals surface area contributed by atoms with Crippen LogP contribution in [0.25, 0.3) is 11.1 Å². The fourth-order valence-corrected chi connectivity index (χ4v) is 5.75. The van der Waals surface area contributed by atoms with E-state index in [9.17, 15) is 23.9 Å². The van der Waals surface area contributed by atoms with Crippen LogP contribution in [0, 0.1) is 5.82 Å². The molecule has 0 bridgehead atoms. The number of carboxylic acids is 1. The average molecular weight is 643 g/mol. The maximum Gasteiger partial charge on any atom is 0.335 e. The van der Waals surface area contributed by atoms with Crippen LogP contribution >= 0.6 is 11.6 Å². The minimum absolute atomic E-state index is 0.0416. The molecule has 2 unspecified atom stereocenters. The number of fused-ring (bicyclic) bond motifs is 1. The van der Waals surface area contributed by atoms with E-state index in [-0.39, 0.29) is 29.4 Å². The molecule has 2 amide bonds. The van der Waals surface area contributed by atoms with Crippen LogP contribution in [0.1, 0.15) is 27.5 Å². The molecule has 2 aliphatic rings. The summed E-state index contributed by atoms with van der Waals surface area (Å²) in [5.41, 5.74) is 3.59. The van der Waals surface area contributed by atoms with Crippen molar-refractivity contribution in [3.8, 4) is 11.1 Å². The second-order valence-electron chi connectivity index (χ2n) is 11.0. The van der Waals surface area contributed by atoms with Gasteiger partial charge in [0.05, 0.1) is 22.8 Å². The number of aromatic carboxylic acids is 1. The first-order chi connectivity index (χ1) is 22.1. The van der Waals surface area contributed by atoms with Gasteiger partial charge in [-0.1, -0.05) is 41.1 Å². The number of benzene rings is 3. The lowest BCUT2D eigenvalue weighted by atomic mass is 9.86. The highest BCUT2D eigenvalue weighted by Crippen LogP contribution is 2.38. The van der Waals surface area contributed by atoms with E-state index in [2.05, 4.69) is 25.6 Å². The molecule has 234 valence electrons. The van der Waals surface area contributed by atoms with Crippen molar-refractivity contribution in [3.05, 3.63) is 101 Å². The van der Waals surface area contributed by atoms with Crippen LogP contribution in [0.15, 0.2) is 83.4 Å². The number of nitrogens with zero attached hydrogens (tertiary/aromatic N) is 7. The number of halogens is 2. The summed E-state index contributed by atoms with van der Waals surface area (Å²) in [6.45, 7) is 0.146. The molecule has 2 N–H and O–H groups in total. The Balaban J connectivity index is 1.33. The number of nitrogens with one attached hydrogen (secondary N) is 1. The molecule has 2 atom stereocenters. The van der Waals surface area contributed by atoms with Gasteiger partial charge in [-0.25, -0.2) is 24.2 Å². The Bertz CT molecular complexity index is 1850. The van der Waals surface area contributed by atoms with Crippen LogP contribution in [0.4, 0.5) is 21.7 Å². The number of carbonyl (C=O) groups excluding carboxylic acids is 2. The Morgan fingerprint density at radius 2 is 1.74 bits per heavy atom. The van der Waals surface area contributed by atoms with Crippen molar-refractivity contribution < 1.29 is 23.9 Å². The standard InChI is InChI=1S/C32H28ClFN8O4/c1-40(2)32-35-15-19(16-36-32)21-5-3-6-23-22(21)13-14-41(28(23)29(43)37-20-11-9-18(10-12-20)31(45)46)30(44)25-17-42(39-38-25)26-8-4-7-24(33)27(26)34/h3-12,15-16,25,28H,13-14,17H2,1-2H3,(H,37,43)(H,45,46). The number of carbonyl (C=O) groups is 3. The van der Waals surface area contributed by atoms with Crippen molar-refractivity contribution >= 4 is 46.7 Å². The van der Waals surface area contributed by atoms with Crippen LogP contribution in [-0.2, 0) is 16.0 Å². The smallest absolute Gasteiger partial charge is 0.335 e. The van der Waals surface area contributed by atoms with E-state index in [0.717, 1.165) is 16.7 Å². The van der Waals surface area contributed by atoms with Crippen molar-refractivity contribution in [2.75, 3.05) is 42.4 Å². The molecule has 0 fully saturated rings. The molecule has 12 nitrogen and oxygen atoms in total. The third-order valence-corrected chi connectivity index (χ3v) is 8.13. The lowest BCUT2D eigenvalue weighted by Gasteiger charge is -2.38. The zero-order valence-corrected chi connectivity index (χ0v) is 25.5. The number of carboxylic acid groups (broad SMARTS) is 1. The quantitative estimate of drug-likeness (QED) is 0.286. The normalized spacial score (nSPS) is 17.0. The molecule has 4 aromatic rings. The Morgan fingerprint density at radius 1 is 1.02 bits per heavy atom. The molecule has 0 aliphatic carbocycles. The van der Waals surface area contributed by atoms with Crippen LogP contribution < -0.4 is 15.2 Å². The van der Waals surface area contributed by atoms with Crippen molar-refractivity contribution in [1.29, 1.82) is 0 Å². The summed E-state index contributed by atoms with van der Waals surface area (Å²) in [6.07, 6.45) is 3.87. The summed E-state index contributed by atoms with van der Waals surface area (Å²) in [7, 11) is 3.69. The number of hydrogen-bond donors (Lipinski definition) is 2. The number of anilines is 3. The summed E-state index contributed by atoms with van der Waals surface area (Å²) in [6, 6.07) is 13.7. The van der Waals surface area contributed by atoms with E-state index in [0.29, 0.717) is 23.6 Å². The van der Waals surface area contributed by atoms with Gasteiger partial charge >= 0.3 is 5.97 Å². The molecular formula is C32H28ClFN8O4. The van der Waals surface area contributed by atoms with Gasteiger partial charge in [0, 0.05) is 44.3 Å². The zero-order chi connectivity index (χ0) is 32.5. The second-order valence-corrected chi connectivity index (χ2v) is 11.4. The third kappa shape index (κ3) is 5.84. The lowest BCUT2D eigenvalue weighted by Crippen LogP contribution is -2.49. The molecule has 0 saturated heterocycles. The molecule has 14 heteroatoms. The molecule has 2 aliphatic heterocycles. The predicted octanol–water partition coefficient (Wildman–Crippen LogP) is 5.02. The van der Waals surface area contributed by atoms with Crippen LogP contribution in [0.5, 0.6) is 0 Å². The van der Waals surface area contributed by atoms with Gasteiger partial charge in [-0.15, -0.1) is 0 Å². The van der Waals surface area contributed by atoms with E-state index in [1.165, 1.54) is 46.3 Å². The van der Waals surface area contributed by atoms with Crippen molar-refractivity contribution in [1.82, 2.24) is 14.9 Å². The topological polar surface area (TPSA) is 144 Å². The van der Waals surface area contributed by atoms with Gasteiger partial charge in [-0.3, -0.25) is 9.59 Å². The number of hydrogen-bond acceptors (Lipinski definition) is 9. The molecule has 3 aromatic carbocycles. The average Bonchev–Trinajstić information content (AvgIpc) is 3.55. The molecule has 0 spiro atoms. The van der Waals surface area contributed by atoms with Gasteiger partial charge in [-0.2, -0.15) is 5.11 Å². The molecular weight excluding hydrogens is 615 g/mol. The van der Waals surface area contributed by atoms with Crippen molar-refractivity contribution in [2.24, 2.45) is 10.3 Å².